The van der Waals surface area contributed by atoms with Crippen LogP contribution >= 0.6 is 0 Å². The molecule has 0 spiro atoms. The van der Waals surface area contributed by atoms with Crippen molar-refractivity contribution in [1.82, 2.24) is 24.6 Å². The van der Waals surface area contributed by atoms with Crippen molar-refractivity contribution in [3.05, 3.63) is 42.7 Å². The molecular weight excluding hydrogens is 278 g/mol. The lowest BCUT2D eigenvalue weighted by molar-refractivity contribution is 0.638. The molecule has 0 radical (unpaired) electrons. The third kappa shape index (κ3) is 2.24. The van der Waals surface area contributed by atoms with Crippen molar-refractivity contribution in [1.29, 1.82) is 0 Å². The van der Waals surface area contributed by atoms with Gasteiger partial charge in [-0.1, -0.05) is 0 Å². The van der Waals surface area contributed by atoms with Crippen molar-refractivity contribution >= 4 is 17.2 Å². The summed E-state index contributed by atoms with van der Waals surface area (Å²) in [5.41, 5.74) is 3.07. The summed E-state index contributed by atoms with van der Waals surface area (Å²) in [6.45, 7) is 5.82. The van der Waals surface area contributed by atoms with Crippen LogP contribution in [-0.2, 0) is 0 Å². The van der Waals surface area contributed by atoms with Gasteiger partial charge in [0.2, 0.25) is 0 Å². The quantitative estimate of drug-likeness (QED) is 0.707. The van der Waals surface area contributed by atoms with Gasteiger partial charge in [-0.2, -0.15) is 9.61 Å². The molecule has 4 heterocycles. The molecule has 0 aliphatic carbocycles. The van der Waals surface area contributed by atoms with Crippen molar-refractivity contribution in [3.8, 4) is 0 Å². The highest BCUT2D eigenvalue weighted by molar-refractivity contribution is 5.51. The highest BCUT2D eigenvalue weighted by Crippen LogP contribution is 2.20. The number of pyridine rings is 1. The average molecular weight is 295 g/mol. The number of anilines is 2. The number of aromatic nitrogens is 5. The van der Waals surface area contributed by atoms with Crippen molar-refractivity contribution in [2.24, 2.45) is 0 Å². The van der Waals surface area contributed by atoms with E-state index in [0.29, 0.717) is 0 Å². The second-order valence-corrected chi connectivity index (χ2v) is 5.43. The van der Waals surface area contributed by atoms with Gasteiger partial charge in [0.25, 0.3) is 0 Å². The summed E-state index contributed by atoms with van der Waals surface area (Å²) in [4.78, 5) is 17.4. The maximum atomic E-state index is 4.28. The molecule has 1 aliphatic heterocycles. The molecule has 112 valence electrons. The first-order valence-electron chi connectivity index (χ1n) is 7.37. The monoisotopic (exact) mass is 295 g/mol. The molecule has 7 heteroatoms. The third-order valence-corrected chi connectivity index (χ3v) is 4.02. The van der Waals surface area contributed by atoms with E-state index in [9.17, 15) is 0 Å². The fourth-order valence-corrected chi connectivity index (χ4v) is 2.88. The van der Waals surface area contributed by atoms with Crippen LogP contribution in [0.5, 0.6) is 0 Å². The van der Waals surface area contributed by atoms with Gasteiger partial charge in [-0.25, -0.2) is 4.98 Å². The molecular formula is C15H17N7. The number of hydrogen-bond donors (Lipinski definition) is 0. The van der Waals surface area contributed by atoms with Crippen LogP contribution in [-0.4, -0.2) is 50.7 Å². The predicted molar refractivity (Wildman–Crippen MR) is 84.2 cm³/mol. The molecule has 0 atom stereocenters. The summed E-state index contributed by atoms with van der Waals surface area (Å²) in [7, 11) is 0. The van der Waals surface area contributed by atoms with Crippen molar-refractivity contribution in [2.45, 2.75) is 6.92 Å². The molecule has 1 aliphatic rings. The van der Waals surface area contributed by atoms with Gasteiger partial charge in [-0.15, -0.1) is 0 Å². The van der Waals surface area contributed by atoms with Gasteiger partial charge < -0.3 is 9.80 Å². The fraction of sp³-hybridized carbons (Fsp3) is 0.333. The Kier molecular flexibility index (Phi) is 3.10. The summed E-state index contributed by atoms with van der Waals surface area (Å²) in [5, 5.41) is 4.28. The zero-order chi connectivity index (χ0) is 14.9. The molecule has 0 bridgehead atoms. The number of aryl methyl sites for hydroxylation is 1. The van der Waals surface area contributed by atoms with Crippen LogP contribution in [0, 0.1) is 6.92 Å². The van der Waals surface area contributed by atoms with Crippen LogP contribution in [0.1, 0.15) is 5.69 Å². The highest BCUT2D eigenvalue weighted by Gasteiger charge is 2.20. The smallest absolute Gasteiger partial charge is 0.175 e. The van der Waals surface area contributed by atoms with Crippen LogP contribution in [0.3, 0.4) is 0 Å². The largest absolute Gasteiger partial charge is 0.368 e. The lowest BCUT2D eigenvalue weighted by Crippen LogP contribution is -2.47. The first-order valence-corrected chi connectivity index (χ1v) is 7.37. The lowest BCUT2D eigenvalue weighted by Gasteiger charge is -2.37. The first-order chi connectivity index (χ1) is 10.8. The molecule has 0 N–H and O–H groups in total. The van der Waals surface area contributed by atoms with E-state index in [1.54, 1.807) is 12.5 Å². The van der Waals surface area contributed by atoms with Crippen LogP contribution < -0.4 is 9.80 Å². The topological polar surface area (TPSA) is 62.5 Å². The fourth-order valence-electron chi connectivity index (χ4n) is 2.88. The molecule has 0 aromatic carbocycles. The van der Waals surface area contributed by atoms with Crippen LogP contribution in [0.15, 0.2) is 37.1 Å². The molecule has 22 heavy (non-hydrogen) atoms. The number of nitrogens with zero attached hydrogens (tertiary/aromatic N) is 7. The zero-order valence-corrected chi connectivity index (χ0v) is 12.4. The molecule has 7 nitrogen and oxygen atoms in total. The van der Waals surface area contributed by atoms with Crippen molar-refractivity contribution in [3.63, 3.8) is 0 Å². The molecule has 3 aromatic rings. The van der Waals surface area contributed by atoms with Gasteiger partial charge in [0, 0.05) is 43.8 Å². The average Bonchev–Trinajstić information content (AvgIpc) is 3.04. The number of fused-ring (bicyclic) bond motifs is 1. The Bertz CT molecular complexity index is 789. The molecule has 3 aromatic heterocycles. The Morgan fingerprint density at radius 2 is 1.82 bits per heavy atom. The second-order valence-electron chi connectivity index (χ2n) is 5.43. The van der Waals surface area contributed by atoms with E-state index in [1.165, 1.54) is 5.69 Å². The van der Waals surface area contributed by atoms with Crippen molar-refractivity contribution in [2.75, 3.05) is 36.0 Å². The maximum Gasteiger partial charge on any atom is 0.175 e. The Morgan fingerprint density at radius 1 is 1.00 bits per heavy atom. The minimum atomic E-state index is 0.782. The summed E-state index contributed by atoms with van der Waals surface area (Å²) in [5.74, 6) is 1.00. The second kappa shape index (κ2) is 5.25. The minimum Gasteiger partial charge on any atom is -0.368 e. The van der Waals surface area contributed by atoms with Gasteiger partial charge >= 0.3 is 0 Å². The molecule has 1 saturated heterocycles. The van der Waals surface area contributed by atoms with Crippen LogP contribution in [0.25, 0.3) is 5.65 Å². The van der Waals surface area contributed by atoms with Crippen LogP contribution in [0.4, 0.5) is 11.5 Å². The predicted octanol–water partition coefficient (Wildman–Crippen LogP) is 1.15. The Hall–Kier alpha value is -2.70. The molecule has 0 saturated carbocycles. The summed E-state index contributed by atoms with van der Waals surface area (Å²) >= 11 is 0. The van der Waals surface area contributed by atoms with E-state index < -0.39 is 0 Å². The van der Waals surface area contributed by atoms with Gasteiger partial charge in [0.05, 0.1) is 12.4 Å². The maximum absolute atomic E-state index is 4.28. The van der Waals surface area contributed by atoms with E-state index in [2.05, 4.69) is 42.0 Å². The Morgan fingerprint density at radius 3 is 2.64 bits per heavy atom. The van der Waals surface area contributed by atoms with E-state index in [4.69, 9.17) is 0 Å². The summed E-state index contributed by atoms with van der Waals surface area (Å²) < 4.78 is 1.85. The third-order valence-electron chi connectivity index (χ3n) is 4.02. The molecule has 0 unspecified atom stereocenters. The van der Waals surface area contributed by atoms with E-state index >= 15 is 0 Å². The van der Waals surface area contributed by atoms with Crippen LogP contribution in [0.2, 0.25) is 0 Å². The number of hydrogen-bond acceptors (Lipinski definition) is 6. The normalized spacial score (nSPS) is 15.5. The van der Waals surface area contributed by atoms with Gasteiger partial charge in [0.1, 0.15) is 6.33 Å². The van der Waals surface area contributed by atoms with Gasteiger partial charge in [-0.3, -0.25) is 9.97 Å². The summed E-state index contributed by atoms with van der Waals surface area (Å²) in [6, 6.07) is 4.21. The van der Waals surface area contributed by atoms with Gasteiger partial charge in [-0.05, 0) is 19.1 Å². The number of piperazine rings is 1. The van der Waals surface area contributed by atoms with Crippen molar-refractivity contribution < 1.29 is 0 Å². The molecule has 0 amide bonds. The Labute approximate surface area is 128 Å². The minimum absolute atomic E-state index is 0.782. The van der Waals surface area contributed by atoms with E-state index in [0.717, 1.165) is 43.3 Å². The molecule has 4 rings (SSSR count). The number of rotatable bonds is 2. The zero-order valence-electron chi connectivity index (χ0n) is 12.4. The lowest BCUT2D eigenvalue weighted by atomic mass is 10.2. The SMILES string of the molecule is Cc1cc(N2CCN(c3cncc4ncnn34)CC2)ccn1. The molecule has 1 fully saturated rings. The Balaban J connectivity index is 1.53. The highest BCUT2D eigenvalue weighted by atomic mass is 15.4. The first kappa shape index (κ1) is 13.0. The summed E-state index contributed by atoms with van der Waals surface area (Å²) in [6.07, 6.45) is 7.02. The van der Waals surface area contributed by atoms with E-state index in [-0.39, 0.29) is 0 Å². The standard InChI is InChI=1S/C15H17N7/c1-12-8-13(2-3-17-12)20-4-6-21(7-5-20)15-10-16-9-14-18-11-19-22(14)15/h2-3,8-11H,4-7H2,1H3. The van der Waals surface area contributed by atoms with E-state index in [1.807, 2.05) is 23.8 Å². The van der Waals surface area contributed by atoms with Gasteiger partial charge in [0.15, 0.2) is 11.5 Å².